The lowest BCUT2D eigenvalue weighted by molar-refractivity contribution is 0.0516. The third kappa shape index (κ3) is 4.90. The van der Waals surface area contributed by atoms with Crippen molar-refractivity contribution in [3.8, 4) is 22.6 Å². The number of phosphoric ester groups is 1. The van der Waals surface area contributed by atoms with E-state index >= 15 is 0 Å². The third-order valence-electron chi connectivity index (χ3n) is 5.15. The fourth-order valence-corrected chi connectivity index (χ4v) is 5.07. The van der Waals surface area contributed by atoms with E-state index < -0.39 is 7.82 Å². The van der Waals surface area contributed by atoms with Crippen LogP contribution in [0, 0.1) is 0 Å². The highest BCUT2D eigenvalue weighted by atomic mass is 31.2. The first-order valence-corrected chi connectivity index (χ1v) is 12.3. The number of ether oxygens (including phenoxy) is 2. The lowest BCUT2D eigenvalue weighted by Crippen LogP contribution is -2.04. The molecule has 0 saturated carbocycles. The Morgan fingerprint density at radius 2 is 1.21 bits per heavy atom. The second-order valence-corrected chi connectivity index (χ2v) is 8.84. The van der Waals surface area contributed by atoms with Crippen molar-refractivity contribution in [2.75, 3.05) is 27.1 Å². The summed E-state index contributed by atoms with van der Waals surface area (Å²) in [4.78, 5) is 0. The first-order valence-electron chi connectivity index (χ1n) is 10.8. The minimum Gasteiger partial charge on any atom is -0.467 e. The topological polar surface area (TPSA) is 63.2 Å². The van der Waals surface area contributed by atoms with Crippen LogP contribution in [0.2, 0.25) is 0 Å². The highest BCUT2D eigenvalue weighted by Gasteiger charge is 2.30. The van der Waals surface area contributed by atoms with E-state index in [0.29, 0.717) is 11.5 Å². The molecule has 0 aromatic heterocycles. The maximum atomic E-state index is 13.3. The first-order chi connectivity index (χ1) is 16.1. The van der Waals surface area contributed by atoms with Gasteiger partial charge in [-0.1, -0.05) is 60.7 Å². The average molecular weight is 466 g/mol. The van der Waals surface area contributed by atoms with Crippen LogP contribution in [0.4, 0.5) is 0 Å². The minimum absolute atomic E-state index is 0.0860. The molecule has 0 unspecified atom stereocenters. The maximum Gasteiger partial charge on any atom is 0.530 e. The highest BCUT2D eigenvalue weighted by molar-refractivity contribution is 7.48. The Morgan fingerprint density at radius 1 is 0.697 bits per heavy atom. The summed E-state index contributed by atoms with van der Waals surface area (Å²) in [5, 5.41) is 3.94. The molecule has 0 aliphatic heterocycles. The summed E-state index contributed by atoms with van der Waals surface area (Å²) in [6.07, 6.45) is 0. The van der Waals surface area contributed by atoms with Gasteiger partial charge in [-0.05, 0) is 47.5 Å². The molecule has 6 nitrogen and oxygen atoms in total. The van der Waals surface area contributed by atoms with Gasteiger partial charge in [-0.25, -0.2) is 4.57 Å². The number of hydrogen-bond acceptors (Lipinski definition) is 6. The van der Waals surface area contributed by atoms with E-state index in [2.05, 4.69) is 0 Å². The van der Waals surface area contributed by atoms with Gasteiger partial charge in [0.05, 0.1) is 13.2 Å². The Kier molecular flexibility index (Phi) is 7.31. The third-order valence-corrected chi connectivity index (χ3v) is 6.72. The van der Waals surface area contributed by atoms with Crippen LogP contribution in [0.3, 0.4) is 0 Å². The molecule has 4 rings (SSSR count). The van der Waals surface area contributed by atoms with Crippen molar-refractivity contribution in [2.45, 2.75) is 13.8 Å². The van der Waals surface area contributed by atoms with E-state index in [1.807, 2.05) is 66.7 Å². The molecule has 0 N–H and O–H groups in total. The zero-order valence-corrected chi connectivity index (χ0v) is 19.8. The first kappa shape index (κ1) is 23.3. The molecule has 0 radical (unpaired) electrons. The van der Waals surface area contributed by atoms with E-state index in [0.717, 1.165) is 32.7 Å². The lowest BCUT2D eigenvalue weighted by Gasteiger charge is -2.22. The zero-order chi connectivity index (χ0) is 23.3. The molecule has 0 atom stereocenters. The Balaban J connectivity index is 2.03. The van der Waals surface area contributed by atoms with Gasteiger partial charge < -0.3 is 14.0 Å². The summed E-state index contributed by atoms with van der Waals surface area (Å²) in [5.41, 5.74) is 1.56. The molecule has 0 amide bonds. The van der Waals surface area contributed by atoms with E-state index in [4.69, 9.17) is 23.0 Å². The number of benzene rings is 4. The Hall–Kier alpha value is -2.89. The van der Waals surface area contributed by atoms with Crippen LogP contribution in [0.15, 0.2) is 72.8 Å². The fourth-order valence-electron chi connectivity index (χ4n) is 3.86. The van der Waals surface area contributed by atoms with Crippen LogP contribution < -0.4 is 9.26 Å². The van der Waals surface area contributed by atoms with Gasteiger partial charge in [0.2, 0.25) is 0 Å². The van der Waals surface area contributed by atoms with Crippen molar-refractivity contribution in [1.29, 1.82) is 0 Å². The summed E-state index contributed by atoms with van der Waals surface area (Å²) in [6.45, 7) is 3.96. The van der Waals surface area contributed by atoms with Crippen LogP contribution in [0.5, 0.6) is 11.5 Å². The highest BCUT2D eigenvalue weighted by Crippen LogP contribution is 2.54. The van der Waals surface area contributed by atoms with Crippen molar-refractivity contribution in [3.05, 3.63) is 72.8 Å². The maximum absolute atomic E-state index is 13.3. The van der Waals surface area contributed by atoms with Crippen LogP contribution in [0.1, 0.15) is 13.8 Å². The van der Waals surface area contributed by atoms with Crippen molar-refractivity contribution in [2.24, 2.45) is 0 Å². The fraction of sp³-hybridized carbons (Fsp3) is 0.231. The smallest absolute Gasteiger partial charge is 0.467 e. The molecule has 0 saturated heterocycles. The van der Waals surface area contributed by atoms with Gasteiger partial charge in [0.15, 0.2) is 6.79 Å². The molecule has 33 heavy (non-hydrogen) atoms. The molecule has 172 valence electrons. The van der Waals surface area contributed by atoms with Gasteiger partial charge in [0.1, 0.15) is 11.5 Å². The van der Waals surface area contributed by atoms with E-state index in [1.165, 1.54) is 0 Å². The molecule has 0 spiro atoms. The number of fused-ring (bicyclic) bond motifs is 2. The standard InChI is InChI=1S/C26H27O6P/c1-4-30-33(27,31-5-2)32-24-17-15-20-11-7-9-13-22(20)26(24)25-21-12-8-6-10-19(21)14-16-23(25)29-18-28-3/h6-17H,4-5,18H2,1-3H3. The SMILES string of the molecule is CCOP(=O)(OCC)Oc1ccc2ccccc2c1-c1c(OCOC)ccc2ccccc12. The predicted octanol–water partition coefficient (Wildman–Crippen LogP) is 7.20. The second-order valence-electron chi connectivity index (χ2n) is 7.24. The number of phosphoric acid groups is 1. The molecule has 0 bridgehead atoms. The molecule has 4 aromatic rings. The molecule has 0 heterocycles. The van der Waals surface area contributed by atoms with Gasteiger partial charge >= 0.3 is 7.82 Å². The Bertz CT molecular complexity index is 1290. The molecular formula is C26H27O6P. The Labute approximate surface area is 193 Å². The van der Waals surface area contributed by atoms with Crippen LogP contribution in [-0.2, 0) is 18.3 Å². The zero-order valence-electron chi connectivity index (χ0n) is 18.9. The summed E-state index contributed by atoms with van der Waals surface area (Å²) >= 11 is 0. The van der Waals surface area contributed by atoms with Gasteiger partial charge in [-0.3, -0.25) is 9.05 Å². The quantitative estimate of drug-likeness (QED) is 0.182. The summed E-state index contributed by atoms with van der Waals surface area (Å²) in [6, 6.07) is 23.6. The van der Waals surface area contributed by atoms with E-state index in [1.54, 1.807) is 27.0 Å². The molecular weight excluding hydrogens is 439 g/mol. The lowest BCUT2D eigenvalue weighted by atomic mass is 9.92. The van der Waals surface area contributed by atoms with Gasteiger partial charge in [-0.2, -0.15) is 0 Å². The van der Waals surface area contributed by atoms with E-state index in [9.17, 15) is 4.57 Å². The van der Waals surface area contributed by atoms with Crippen LogP contribution in [0.25, 0.3) is 32.7 Å². The molecule has 0 fully saturated rings. The van der Waals surface area contributed by atoms with Gasteiger partial charge in [0, 0.05) is 18.2 Å². The Morgan fingerprint density at radius 3 is 1.76 bits per heavy atom. The summed E-state index contributed by atoms with van der Waals surface area (Å²) < 4.78 is 41.3. The van der Waals surface area contributed by atoms with Crippen molar-refractivity contribution < 1.29 is 27.6 Å². The average Bonchev–Trinajstić information content (AvgIpc) is 2.83. The van der Waals surface area contributed by atoms with E-state index in [-0.39, 0.29) is 20.0 Å². The molecule has 0 aliphatic rings. The van der Waals surface area contributed by atoms with Crippen molar-refractivity contribution in [3.63, 3.8) is 0 Å². The van der Waals surface area contributed by atoms with Crippen molar-refractivity contribution in [1.82, 2.24) is 0 Å². The normalized spacial score (nSPS) is 11.7. The largest absolute Gasteiger partial charge is 0.530 e. The molecule has 4 aromatic carbocycles. The minimum atomic E-state index is -3.83. The van der Waals surface area contributed by atoms with Crippen LogP contribution in [-0.4, -0.2) is 27.1 Å². The van der Waals surface area contributed by atoms with Crippen molar-refractivity contribution >= 4 is 29.4 Å². The summed E-state index contributed by atoms with van der Waals surface area (Å²) in [7, 11) is -2.25. The molecule has 7 heteroatoms. The monoisotopic (exact) mass is 466 g/mol. The predicted molar refractivity (Wildman–Crippen MR) is 131 cm³/mol. The van der Waals surface area contributed by atoms with Crippen LogP contribution >= 0.6 is 7.82 Å². The number of rotatable bonds is 10. The van der Waals surface area contributed by atoms with Gasteiger partial charge in [-0.15, -0.1) is 0 Å². The second kappa shape index (κ2) is 10.4. The van der Waals surface area contributed by atoms with Gasteiger partial charge in [0.25, 0.3) is 0 Å². The molecule has 0 aliphatic carbocycles. The summed E-state index contributed by atoms with van der Waals surface area (Å²) in [5.74, 6) is 1.01. The number of hydrogen-bond donors (Lipinski definition) is 0. The number of methoxy groups -OCH3 is 1.